The minimum absolute atomic E-state index is 0.0337. The molecule has 0 aliphatic heterocycles. The molecule has 0 radical (unpaired) electrons. The van der Waals surface area contributed by atoms with Crippen LogP contribution in [0.1, 0.15) is 47.6 Å². The largest absolute Gasteiger partial charge is 0.309 e. The van der Waals surface area contributed by atoms with Crippen molar-refractivity contribution in [2.45, 2.75) is 42.6 Å². The quantitative estimate of drug-likeness (QED) is 0.479. The van der Waals surface area contributed by atoms with Gasteiger partial charge < -0.3 is 9.55 Å². The van der Waals surface area contributed by atoms with Crippen LogP contribution in [0.25, 0.3) is 10.9 Å². The van der Waals surface area contributed by atoms with Gasteiger partial charge in [0.15, 0.2) is 5.16 Å². The summed E-state index contributed by atoms with van der Waals surface area (Å²) < 4.78 is 2.28. The summed E-state index contributed by atoms with van der Waals surface area (Å²) in [4.78, 5) is 21.3. The summed E-state index contributed by atoms with van der Waals surface area (Å²) in [6.45, 7) is 2.04. The van der Waals surface area contributed by atoms with E-state index >= 15 is 0 Å². The van der Waals surface area contributed by atoms with E-state index in [9.17, 15) is 4.79 Å². The first-order valence-electron chi connectivity index (χ1n) is 9.31. The minimum Gasteiger partial charge on any atom is -0.309 e. The molecule has 1 aliphatic carbocycles. The van der Waals surface area contributed by atoms with Crippen molar-refractivity contribution < 1.29 is 0 Å². The van der Waals surface area contributed by atoms with Crippen LogP contribution in [0, 0.1) is 0 Å². The Hall–Kier alpha value is -2.45. The van der Waals surface area contributed by atoms with Crippen LogP contribution in [0.4, 0.5) is 0 Å². The van der Waals surface area contributed by atoms with Gasteiger partial charge in [-0.2, -0.15) is 0 Å². The summed E-state index contributed by atoms with van der Waals surface area (Å²) in [7, 11) is 0. The van der Waals surface area contributed by atoms with Crippen molar-refractivity contribution in [3.63, 3.8) is 0 Å². The standard InChI is InChI=1S/C20H19N5OS2/c1-12(18-21-16-7-3-2-6-15(16)19(26)22-18)28-20-24-23-17(25(20)13-8-9-13)11-14-5-4-10-27-14/h2-7,10,12-13H,8-9,11H2,1H3,(H,21,22,26)/t12-/m0/s1. The van der Waals surface area contributed by atoms with Gasteiger partial charge in [0.05, 0.1) is 16.2 Å². The summed E-state index contributed by atoms with van der Waals surface area (Å²) >= 11 is 3.35. The summed E-state index contributed by atoms with van der Waals surface area (Å²) in [5.41, 5.74) is 0.617. The molecule has 1 aliphatic rings. The van der Waals surface area contributed by atoms with Crippen molar-refractivity contribution in [2.24, 2.45) is 0 Å². The first-order valence-corrected chi connectivity index (χ1v) is 11.1. The lowest BCUT2D eigenvalue weighted by Gasteiger charge is -2.13. The van der Waals surface area contributed by atoms with Gasteiger partial charge in [-0.3, -0.25) is 4.79 Å². The van der Waals surface area contributed by atoms with Gasteiger partial charge in [-0.15, -0.1) is 21.5 Å². The smallest absolute Gasteiger partial charge is 0.258 e. The zero-order valence-electron chi connectivity index (χ0n) is 15.3. The summed E-state index contributed by atoms with van der Waals surface area (Å²) in [6.07, 6.45) is 3.14. The van der Waals surface area contributed by atoms with E-state index in [0.717, 1.165) is 22.9 Å². The molecule has 5 rings (SSSR count). The first-order chi connectivity index (χ1) is 13.7. The average molecular weight is 410 g/mol. The highest BCUT2D eigenvalue weighted by atomic mass is 32.2. The molecule has 142 valence electrons. The zero-order valence-corrected chi connectivity index (χ0v) is 17.0. The number of nitrogens with zero attached hydrogens (tertiary/aromatic N) is 4. The fourth-order valence-corrected chi connectivity index (χ4v) is 4.98. The number of H-pyrrole nitrogens is 1. The number of rotatable bonds is 6. The van der Waals surface area contributed by atoms with Crippen molar-refractivity contribution in [1.82, 2.24) is 24.7 Å². The molecule has 28 heavy (non-hydrogen) atoms. The highest BCUT2D eigenvalue weighted by Crippen LogP contribution is 2.42. The van der Waals surface area contributed by atoms with E-state index in [4.69, 9.17) is 0 Å². The lowest BCUT2D eigenvalue weighted by atomic mass is 10.2. The molecule has 6 nitrogen and oxygen atoms in total. The molecule has 1 N–H and O–H groups in total. The second-order valence-corrected chi connectivity index (χ2v) is 9.32. The second kappa shape index (κ2) is 7.18. The van der Waals surface area contributed by atoms with Gasteiger partial charge in [0.2, 0.25) is 0 Å². The van der Waals surface area contributed by atoms with Crippen LogP contribution in [0.15, 0.2) is 51.7 Å². The van der Waals surface area contributed by atoms with Crippen LogP contribution in [0.5, 0.6) is 0 Å². The van der Waals surface area contributed by atoms with E-state index in [0.29, 0.717) is 17.3 Å². The summed E-state index contributed by atoms with van der Waals surface area (Å²) in [6, 6.07) is 12.1. The highest BCUT2D eigenvalue weighted by Gasteiger charge is 2.30. The Morgan fingerprint density at radius 1 is 1.25 bits per heavy atom. The van der Waals surface area contributed by atoms with E-state index in [1.807, 2.05) is 25.1 Å². The molecule has 0 bridgehead atoms. The molecule has 0 amide bonds. The maximum atomic E-state index is 12.4. The lowest BCUT2D eigenvalue weighted by molar-refractivity contribution is 0.633. The number of fused-ring (bicyclic) bond motifs is 1. The molecule has 4 aromatic rings. The van der Waals surface area contributed by atoms with E-state index in [-0.39, 0.29) is 10.8 Å². The van der Waals surface area contributed by atoms with Gasteiger partial charge in [-0.25, -0.2) is 4.98 Å². The topological polar surface area (TPSA) is 76.5 Å². The number of aromatic amines is 1. The monoisotopic (exact) mass is 409 g/mol. The molecular formula is C20H19N5OS2. The van der Waals surface area contributed by atoms with Gasteiger partial charge in [0.1, 0.15) is 11.6 Å². The minimum atomic E-state index is -0.102. The third-order valence-corrected chi connectivity index (χ3v) is 6.80. The molecule has 3 aromatic heterocycles. The number of hydrogen-bond donors (Lipinski definition) is 1. The van der Waals surface area contributed by atoms with Gasteiger partial charge in [-0.05, 0) is 43.3 Å². The number of thiophene rings is 1. The van der Waals surface area contributed by atoms with Crippen molar-refractivity contribution in [2.75, 3.05) is 0 Å². The Balaban J connectivity index is 1.44. The average Bonchev–Trinajstić information content (AvgIpc) is 3.26. The zero-order chi connectivity index (χ0) is 19.1. The van der Waals surface area contributed by atoms with Gasteiger partial charge in [-0.1, -0.05) is 30.0 Å². The van der Waals surface area contributed by atoms with Crippen molar-refractivity contribution >= 4 is 34.0 Å². The van der Waals surface area contributed by atoms with Crippen LogP contribution in [-0.2, 0) is 6.42 Å². The van der Waals surface area contributed by atoms with Crippen molar-refractivity contribution in [3.8, 4) is 0 Å². The van der Waals surface area contributed by atoms with E-state index in [1.165, 1.54) is 17.7 Å². The molecule has 0 saturated heterocycles. The Kier molecular flexibility index (Phi) is 4.52. The molecule has 3 heterocycles. The van der Waals surface area contributed by atoms with E-state index in [1.54, 1.807) is 29.2 Å². The number of thioether (sulfide) groups is 1. The predicted molar refractivity (Wildman–Crippen MR) is 112 cm³/mol. The highest BCUT2D eigenvalue weighted by molar-refractivity contribution is 7.99. The van der Waals surface area contributed by atoms with Gasteiger partial charge in [0, 0.05) is 17.3 Å². The molecule has 8 heteroatoms. The fourth-order valence-electron chi connectivity index (χ4n) is 3.29. The van der Waals surface area contributed by atoms with E-state index in [2.05, 4.69) is 42.2 Å². The normalized spacial score (nSPS) is 15.2. The third kappa shape index (κ3) is 3.38. The van der Waals surface area contributed by atoms with Crippen molar-refractivity contribution in [3.05, 3.63) is 68.7 Å². The number of benzene rings is 1. The lowest BCUT2D eigenvalue weighted by Crippen LogP contribution is -2.13. The number of hydrogen-bond acceptors (Lipinski definition) is 6. The van der Waals surface area contributed by atoms with Crippen LogP contribution in [0.2, 0.25) is 0 Å². The van der Waals surface area contributed by atoms with Crippen LogP contribution in [0.3, 0.4) is 0 Å². The predicted octanol–water partition coefficient (Wildman–Crippen LogP) is 4.36. The second-order valence-electron chi connectivity index (χ2n) is 6.98. The Morgan fingerprint density at radius 3 is 2.89 bits per heavy atom. The van der Waals surface area contributed by atoms with Crippen molar-refractivity contribution in [1.29, 1.82) is 0 Å². The molecule has 0 spiro atoms. The molecule has 1 atom stereocenters. The SMILES string of the molecule is C[C@H](Sc1nnc(Cc2cccs2)n1C1CC1)c1nc2ccccc2c(=O)[nH]1. The molecule has 0 unspecified atom stereocenters. The first kappa shape index (κ1) is 17.6. The van der Waals surface area contributed by atoms with Crippen LogP contribution < -0.4 is 5.56 Å². The van der Waals surface area contributed by atoms with Gasteiger partial charge in [0.25, 0.3) is 5.56 Å². The van der Waals surface area contributed by atoms with E-state index < -0.39 is 0 Å². The fraction of sp³-hybridized carbons (Fsp3) is 0.300. The maximum Gasteiger partial charge on any atom is 0.258 e. The van der Waals surface area contributed by atoms with Gasteiger partial charge >= 0.3 is 0 Å². The van der Waals surface area contributed by atoms with Crippen LogP contribution >= 0.6 is 23.1 Å². The molecule has 1 fully saturated rings. The Morgan fingerprint density at radius 2 is 2.11 bits per heavy atom. The number of aromatic nitrogens is 5. The third-order valence-electron chi connectivity index (χ3n) is 4.86. The Bertz CT molecular complexity index is 1180. The Labute approximate surface area is 170 Å². The number of para-hydroxylation sites is 1. The van der Waals surface area contributed by atoms with Crippen LogP contribution in [-0.4, -0.2) is 24.7 Å². The molecular weight excluding hydrogens is 390 g/mol. The number of nitrogens with one attached hydrogen (secondary N) is 1. The molecule has 1 aromatic carbocycles. The maximum absolute atomic E-state index is 12.4. The molecule has 1 saturated carbocycles. The summed E-state index contributed by atoms with van der Waals surface area (Å²) in [5.74, 6) is 1.68. The summed E-state index contributed by atoms with van der Waals surface area (Å²) in [5, 5.41) is 12.5.